The van der Waals surface area contributed by atoms with Crippen LogP contribution in [0, 0.1) is 0 Å². The number of aliphatic carboxylic acids is 1. The third-order valence-corrected chi connectivity index (χ3v) is 2.79. The smallest absolute Gasteiger partial charge is 0.329 e. The molecule has 0 radical (unpaired) electrons. The molecule has 0 fully saturated rings. The highest BCUT2D eigenvalue weighted by Gasteiger charge is 2.05. The number of urea groups is 1. The van der Waals surface area contributed by atoms with E-state index >= 15 is 0 Å². The molecule has 8 heteroatoms. The van der Waals surface area contributed by atoms with Gasteiger partial charge in [0.1, 0.15) is 12.4 Å². The molecule has 1 aromatic carbocycles. The predicted molar refractivity (Wildman–Crippen MR) is 76.2 cm³/mol. The summed E-state index contributed by atoms with van der Waals surface area (Å²) in [6.07, 6.45) is 0. The molecule has 7 nitrogen and oxygen atoms in total. The Morgan fingerprint density at radius 3 is 2.75 bits per heavy atom. The molecule has 110 valence electrons. The molecule has 20 heavy (non-hydrogen) atoms. The number of carboxylic acids is 1. The van der Waals surface area contributed by atoms with Crippen molar-refractivity contribution in [2.45, 2.75) is 0 Å². The number of rotatable bonds is 7. The minimum absolute atomic E-state index is 0.131. The van der Waals surface area contributed by atoms with E-state index in [0.29, 0.717) is 11.4 Å². The zero-order valence-corrected chi connectivity index (χ0v) is 12.4. The largest absolute Gasteiger partial charge is 0.496 e. The first-order valence-corrected chi connectivity index (χ1v) is 6.50. The quantitative estimate of drug-likeness (QED) is 0.652. The summed E-state index contributed by atoms with van der Waals surface area (Å²) in [5.41, 5.74) is 0.599. The van der Waals surface area contributed by atoms with E-state index in [0.717, 1.165) is 4.47 Å². The maximum absolute atomic E-state index is 11.5. The maximum atomic E-state index is 11.5. The van der Waals surface area contributed by atoms with Crippen LogP contribution in [-0.4, -0.2) is 44.0 Å². The lowest BCUT2D eigenvalue weighted by atomic mass is 10.3. The molecule has 0 atom stereocenters. The molecule has 0 unspecified atom stereocenters. The summed E-state index contributed by atoms with van der Waals surface area (Å²) in [7, 11) is 1.55. The Labute approximate surface area is 124 Å². The number of carbonyl (C=O) groups is 2. The van der Waals surface area contributed by atoms with Crippen molar-refractivity contribution in [3.05, 3.63) is 22.7 Å². The summed E-state index contributed by atoms with van der Waals surface area (Å²) in [5, 5.41) is 13.5. The van der Waals surface area contributed by atoms with Crippen molar-refractivity contribution in [2.24, 2.45) is 0 Å². The minimum Gasteiger partial charge on any atom is -0.496 e. The first-order valence-electron chi connectivity index (χ1n) is 5.71. The van der Waals surface area contributed by atoms with Crippen LogP contribution in [0.5, 0.6) is 5.75 Å². The standard InChI is InChI=1S/C12H15BrN2O5/c1-19-10-3-2-8(6-9(10)13)15-12(18)14-4-5-20-7-11(16)17/h2-3,6H,4-5,7H2,1H3,(H,16,17)(H2,14,15,18). The second-order valence-electron chi connectivity index (χ2n) is 3.68. The average molecular weight is 347 g/mol. The maximum Gasteiger partial charge on any atom is 0.329 e. The van der Waals surface area contributed by atoms with Crippen LogP contribution in [0.2, 0.25) is 0 Å². The van der Waals surface area contributed by atoms with Gasteiger partial charge in [0, 0.05) is 12.2 Å². The van der Waals surface area contributed by atoms with Crippen LogP contribution in [0.1, 0.15) is 0 Å². The molecule has 0 saturated carbocycles. The SMILES string of the molecule is COc1ccc(NC(=O)NCCOCC(=O)O)cc1Br. The summed E-state index contributed by atoms with van der Waals surface area (Å²) < 4.78 is 10.6. The first-order chi connectivity index (χ1) is 9.52. The predicted octanol–water partition coefficient (Wildman–Crippen LogP) is 1.68. The Kier molecular flexibility index (Phi) is 6.82. The highest BCUT2D eigenvalue weighted by atomic mass is 79.9. The lowest BCUT2D eigenvalue weighted by Crippen LogP contribution is -2.31. The highest BCUT2D eigenvalue weighted by molar-refractivity contribution is 9.10. The number of hydrogen-bond acceptors (Lipinski definition) is 4. The Bertz CT molecular complexity index is 481. The lowest BCUT2D eigenvalue weighted by molar-refractivity contribution is -0.142. The number of nitrogens with one attached hydrogen (secondary N) is 2. The van der Waals surface area contributed by atoms with Crippen molar-refractivity contribution in [3.8, 4) is 5.75 Å². The van der Waals surface area contributed by atoms with Crippen molar-refractivity contribution in [1.82, 2.24) is 5.32 Å². The first kappa shape index (κ1) is 16.3. The molecule has 0 aliphatic rings. The van der Waals surface area contributed by atoms with E-state index in [2.05, 4.69) is 26.6 Å². The van der Waals surface area contributed by atoms with Gasteiger partial charge in [-0.05, 0) is 34.1 Å². The van der Waals surface area contributed by atoms with E-state index in [1.165, 1.54) is 0 Å². The van der Waals surface area contributed by atoms with Crippen LogP contribution in [-0.2, 0) is 9.53 Å². The normalized spacial score (nSPS) is 9.90. The minimum atomic E-state index is -1.04. The molecule has 1 aromatic rings. The van der Waals surface area contributed by atoms with Crippen molar-refractivity contribution < 1.29 is 24.2 Å². The fraction of sp³-hybridized carbons (Fsp3) is 0.333. The molecule has 0 aliphatic carbocycles. The van der Waals surface area contributed by atoms with E-state index in [4.69, 9.17) is 14.6 Å². The van der Waals surface area contributed by atoms with Crippen LogP contribution in [0.4, 0.5) is 10.5 Å². The van der Waals surface area contributed by atoms with E-state index in [-0.39, 0.29) is 19.8 Å². The van der Waals surface area contributed by atoms with Crippen molar-refractivity contribution in [3.63, 3.8) is 0 Å². The summed E-state index contributed by atoms with van der Waals surface area (Å²) in [6, 6.07) is 4.72. The topological polar surface area (TPSA) is 96.9 Å². The second-order valence-corrected chi connectivity index (χ2v) is 4.53. The highest BCUT2D eigenvalue weighted by Crippen LogP contribution is 2.27. The number of halogens is 1. The number of benzene rings is 1. The molecular formula is C12H15BrN2O5. The third-order valence-electron chi connectivity index (χ3n) is 2.17. The van der Waals surface area contributed by atoms with E-state index in [1.807, 2.05) is 0 Å². The Hall–Kier alpha value is -1.80. The van der Waals surface area contributed by atoms with Crippen LogP contribution >= 0.6 is 15.9 Å². The number of methoxy groups -OCH3 is 1. The second kappa shape index (κ2) is 8.39. The van der Waals surface area contributed by atoms with Gasteiger partial charge in [0.25, 0.3) is 0 Å². The Balaban J connectivity index is 2.31. The monoisotopic (exact) mass is 346 g/mol. The number of amides is 2. The van der Waals surface area contributed by atoms with Gasteiger partial charge in [-0.15, -0.1) is 0 Å². The zero-order valence-electron chi connectivity index (χ0n) is 10.8. The molecule has 0 spiro atoms. The van der Waals surface area contributed by atoms with Gasteiger partial charge in [-0.3, -0.25) is 0 Å². The molecule has 0 saturated heterocycles. The molecule has 2 amide bonds. The Morgan fingerprint density at radius 1 is 1.40 bits per heavy atom. The van der Waals surface area contributed by atoms with Gasteiger partial charge in [-0.25, -0.2) is 9.59 Å². The van der Waals surface area contributed by atoms with Gasteiger partial charge < -0.3 is 25.2 Å². The number of carbonyl (C=O) groups excluding carboxylic acids is 1. The molecule has 0 bridgehead atoms. The van der Waals surface area contributed by atoms with Gasteiger partial charge in [-0.2, -0.15) is 0 Å². The molecule has 1 rings (SSSR count). The van der Waals surface area contributed by atoms with E-state index in [1.54, 1.807) is 25.3 Å². The molecule has 3 N–H and O–H groups in total. The number of hydrogen-bond donors (Lipinski definition) is 3. The van der Waals surface area contributed by atoms with Crippen LogP contribution < -0.4 is 15.4 Å². The molecule has 0 heterocycles. The van der Waals surface area contributed by atoms with Gasteiger partial charge in [0.2, 0.25) is 0 Å². The molecular weight excluding hydrogens is 332 g/mol. The number of ether oxygens (including phenoxy) is 2. The van der Waals surface area contributed by atoms with Crippen molar-refractivity contribution >= 4 is 33.6 Å². The Morgan fingerprint density at radius 2 is 2.15 bits per heavy atom. The van der Waals surface area contributed by atoms with Crippen LogP contribution in [0.3, 0.4) is 0 Å². The number of anilines is 1. The van der Waals surface area contributed by atoms with Crippen LogP contribution in [0.25, 0.3) is 0 Å². The van der Waals surface area contributed by atoms with Gasteiger partial charge >= 0.3 is 12.0 Å². The molecule has 0 aromatic heterocycles. The van der Waals surface area contributed by atoms with Crippen LogP contribution in [0.15, 0.2) is 22.7 Å². The van der Waals surface area contributed by atoms with Crippen molar-refractivity contribution in [2.75, 3.05) is 32.2 Å². The van der Waals surface area contributed by atoms with Gasteiger partial charge in [-0.1, -0.05) is 0 Å². The fourth-order valence-corrected chi connectivity index (χ4v) is 1.86. The van der Waals surface area contributed by atoms with E-state index < -0.39 is 12.0 Å². The summed E-state index contributed by atoms with van der Waals surface area (Å²) >= 11 is 3.31. The average Bonchev–Trinajstić information content (AvgIpc) is 2.38. The van der Waals surface area contributed by atoms with Gasteiger partial charge in [0.15, 0.2) is 0 Å². The van der Waals surface area contributed by atoms with Crippen molar-refractivity contribution in [1.29, 1.82) is 0 Å². The lowest BCUT2D eigenvalue weighted by Gasteiger charge is -2.09. The summed E-state index contributed by atoms with van der Waals surface area (Å²) in [6.45, 7) is -0.0306. The zero-order chi connectivity index (χ0) is 15.0. The summed E-state index contributed by atoms with van der Waals surface area (Å²) in [4.78, 5) is 21.7. The van der Waals surface area contributed by atoms with Gasteiger partial charge in [0.05, 0.1) is 18.2 Å². The third kappa shape index (κ3) is 5.89. The van der Waals surface area contributed by atoms with E-state index in [9.17, 15) is 9.59 Å². The summed E-state index contributed by atoms with van der Waals surface area (Å²) in [5.74, 6) is -0.379. The molecule has 0 aliphatic heterocycles. The fourth-order valence-electron chi connectivity index (χ4n) is 1.32. The number of carboxylic acid groups (broad SMARTS) is 1.